The number of amides is 1. The molecule has 0 unspecified atom stereocenters. The number of carbonyl (C=O) groups is 1. The first-order valence-electron chi connectivity index (χ1n) is 8.05. The monoisotopic (exact) mass is 337 g/mol. The lowest BCUT2D eigenvalue weighted by Crippen LogP contribution is -2.25. The van der Waals surface area contributed by atoms with Gasteiger partial charge in [0.05, 0.1) is 5.56 Å². The first kappa shape index (κ1) is 16.6. The Balaban J connectivity index is 1.45. The number of benzene rings is 1. The molecule has 0 bridgehead atoms. The summed E-state index contributed by atoms with van der Waals surface area (Å²) in [5.41, 5.74) is 1.68. The maximum Gasteiger partial charge on any atom is 0.254 e. The smallest absolute Gasteiger partial charge is 0.254 e. The zero-order valence-electron chi connectivity index (χ0n) is 13.9. The molecular weight excluding hydrogens is 318 g/mol. The van der Waals surface area contributed by atoms with E-state index >= 15 is 0 Å². The summed E-state index contributed by atoms with van der Waals surface area (Å²) in [6.45, 7) is 2.40. The molecule has 128 valence electrons. The van der Waals surface area contributed by atoms with Gasteiger partial charge in [-0.3, -0.25) is 4.79 Å². The van der Waals surface area contributed by atoms with Crippen molar-refractivity contribution in [2.75, 3.05) is 11.9 Å². The largest absolute Gasteiger partial charge is 0.360 e. The fraction of sp³-hybridized carbons (Fsp3) is 0.222. The fourth-order valence-corrected chi connectivity index (χ4v) is 2.29. The van der Waals surface area contributed by atoms with Crippen molar-refractivity contribution in [3.63, 3.8) is 0 Å². The van der Waals surface area contributed by atoms with Crippen LogP contribution in [0.1, 0.15) is 28.1 Å². The molecule has 7 heteroatoms. The van der Waals surface area contributed by atoms with Crippen LogP contribution in [-0.2, 0) is 6.42 Å². The molecule has 0 saturated carbocycles. The first-order chi connectivity index (χ1) is 12.2. The molecule has 25 heavy (non-hydrogen) atoms. The van der Waals surface area contributed by atoms with E-state index in [2.05, 4.69) is 37.9 Å². The first-order valence-corrected chi connectivity index (χ1v) is 8.05. The number of aromatic nitrogens is 3. The van der Waals surface area contributed by atoms with Crippen LogP contribution in [0.25, 0.3) is 0 Å². The molecule has 7 nitrogen and oxygen atoms in total. The van der Waals surface area contributed by atoms with Gasteiger partial charge in [0, 0.05) is 25.0 Å². The van der Waals surface area contributed by atoms with E-state index in [-0.39, 0.29) is 5.91 Å². The topological polar surface area (TPSA) is 92.9 Å². The van der Waals surface area contributed by atoms with E-state index in [9.17, 15) is 4.79 Å². The van der Waals surface area contributed by atoms with Gasteiger partial charge in [0.25, 0.3) is 5.91 Å². The molecule has 2 N–H and O–H groups in total. The van der Waals surface area contributed by atoms with Crippen molar-refractivity contribution in [1.82, 2.24) is 20.4 Å². The lowest BCUT2D eigenvalue weighted by Gasteiger charge is -2.06. The Hall–Kier alpha value is -3.22. The minimum atomic E-state index is -0.183. The summed E-state index contributed by atoms with van der Waals surface area (Å²) < 4.78 is 4.95. The van der Waals surface area contributed by atoms with E-state index in [0.29, 0.717) is 29.6 Å². The highest BCUT2D eigenvalue weighted by Gasteiger charge is 2.08. The molecule has 1 amide bonds. The summed E-state index contributed by atoms with van der Waals surface area (Å²) in [6.07, 6.45) is 4.77. The Morgan fingerprint density at radius 3 is 2.60 bits per heavy atom. The SMILES string of the molecule is Cc1cc(Nc2ncc(C(=O)NCCCc3ccccc3)cn2)no1. The molecule has 0 aliphatic carbocycles. The van der Waals surface area contributed by atoms with Gasteiger partial charge in [-0.25, -0.2) is 9.97 Å². The molecule has 3 aromatic rings. The zero-order valence-corrected chi connectivity index (χ0v) is 13.9. The Morgan fingerprint density at radius 2 is 1.92 bits per heavy atom. The maximum absolute atomic E-state index is 12.1. The van der Waals surface area contributed by atoms with E-state index in [0.717, 1.165) is 12.8 Å². The number of carbonyl (C=O) groups excluding carboxylic acids is 1. The normalized spacial score (nSPS) is 10.4. The van der Waals surface area contributed by atoms with E-state index in [1.807, 2.05) is 18.2 Å². The van der Waals surface area contributed by atoms with Crippen molar-refractivity contribution < 1.29 is 9.32 Å². The molecular formula is C18H19N5O2. The van der Waals surface area contributed by atoms with Gasteiger partial charge in [-0.15, -0.1) is 0 Å². The maximum atomic E-state index is 12.1. The van der Waals surface area contributed by atoms with Crippen LogP contribution in [0.15, 0.2) is 53.3 Å². The molecule has 0 aliphatic heterocycles. The van der Waals surface area contributed by atoms with Gasteiger partial charge in [0.15, 0.2) is 5.82 Å². The average molecular weight is 337 g/mol. The Kier molecular flexibility index (Phi) is 5.36. The second kappa shape index (κ2) is 8.05. The average Bonchev–Trinajstić information content (AvgIpc) is 3.05. The third-order valence-electron chi connectivity index (χ3n) is 3.55. The molecule has 3 rings (SSSR count). The van der Waals surface area contributed by atoms with Gasteiger partial charge in [-0.1, -0.05) is 35.5 Å². The van der Waals surface area contributed by atoms with Gasteiger partial charge >= 0.3 is 0 Å². The van der Waals surface area contributed by atoms with Crippen molar-refractivity contribution >= 4 is 17.7 Å². The minimum Gasteiger partial charge on any atom is -0.360 e. The summed E-state index contributed by atoms with van der Waals surface area (Å²) in [5, 5.41) is 9.58. The van der Waals surface area contributed by atoms with Crippen LogP contribution in [0.2, 0.25) is 0 Å². The highest BCUT2D eigenvalue weighted by atomic mass is 16.5. The predicted octanol–water partition coefficient (Wildman–Crippen LogP) is 2.88. The van der Waals surface area contributed by atoms with Crippen LogP contribution >= 0.6 is 0 Å². The van der Waals surface area contributed by atoms with E-state index in [1.165, 1.54) is 18.0 Å². The molecule has 0 fully saturated rings. The molecule has 2 aromatic heterocycles. The highest BCUT2D eigenvalue weighted by molar-refractivity contribution is 5.93. The summed E-state index contributed by atoms with van der Waals surface area (Å²) in [7, 11) is 0. The number of hydrogen-bond donors (Lipinski definition) is 2. The standard InChI is InChI=1S/C18H19N5O2/c1-13-10-16(23-25-13)22-18-20-11-15(12-21-18)17(24)19-9-5-8-14-6-3-2-4-7-14/h2-4,6-7,10-12H,5,8-9H2,1H3,(H,19,24)(H,20,21,22,23). The van der Waals surface area contributed by atoms with Crippen LogP contribution < -0.4 is 10.6 Å². The summed E-state index contributed by atoms with van der Waals surface area (Å²) >= 11 is 0. The molecule has 0 radical (unpaired) electrons. The summed E-state index contributed by atoms with van der Waals surface area (Å²) in [6, 6.07) is 11.9. The number of anilines is 2. The van der Waals surface area contributed by atoms with Crippen molar-refractivity contribution in [2.24, 2.45) is 0 Å². The van der Waals surface area contributed by atoms with E-state index in [4.69, 9.17) is 4.52 Å². The van der Waals surface area contributed by atoms with Crippen LogP contribution in [-0.4, -0.2) is 27.6 Å². The van der Waals surface area contributed by atoms with Crippen molar-refractivity contribution in [3.05, 3.63) is 65.7 Å². The van der Waals surface area contributed by atoms with Gasteiger partial charge in [0.2, 0.25) is 5.95 Å². The quantitative estimate of drug-likeness (QED) is 0.644. The number of nitrogens with one attached hydrogen (secondary N) is 2. The van der Waals surface area contributed by atoms with Gasteiger partial charge in [-0.05, 0) is 25.3 Å². The zero-order chi connectivity index (χ0) is 17.5. The number of aryl methyl sites for hydroxylation is 2. The van der Waals surface area contributed by atoms with Crippen LogP contribution in [0.5, 0.6) is 0 Å². The van der Waals surface area contributed by atoms with Gasteiger partial charge < -0.3 is 15.2 Å². The lowest BCUT2D eigenvalue weighted by molar-refractivity contribution is 0.0952. The van der Waals surface area contributed by atoms with Crippen molar-refractivity contribution in [3.8, 4) is 0 Å². The van der Waals surface area contributed by atoms with Crippen LogP contribution in [0, 0.1) is 6.92 Å². The number of nitrogens with zero attached hydrogens (tertiary/aromatic N) is 3. The molecule has 0 aliphatic rings. The highest BCUT2D eigenvalue weighted by Crippen LogP contribution is 2.12. The molecule has 2 heterocycles. The van der Waals surface area contributed by atoms with E-state index in [1.54, 1.807) is 13.0 Å². The van der Waals surface area contributed by atoms with E-state index < -0.39 is 0 Å². The summed E-state index contributed by atoms with van der Waals surface area (Å²) in [5.74, 6) is 1.38. The molecule has 1 aromatic carbocycles. The predicted molar refractivity (Wildman–Crippen MR) is 93.7 cm³/mol. The van der Waals surface area contributed by atoms with Crippen molar-refractivity contribution in [2.45, 2.75) is 19.8 Å². The Bertz CT molecular complexity index is 815. The fourth-order valence-electron chi connectivity index (χ4n) is 2.29. The number of hydrogen-bond acceptors (Lipinski definition) is 6. The second-order valence-corrected chi connectivity index (χ2v) is 5.59. The van der Waals surface area contributed by atoms with Crippen LogP contribution in [0.3, 0.4) is 0 Å². The van der Waals surface area contributed by atoms with Gasteiger partial charge in [-0.2, -0.15) is 0 Å². The van der Waals surface area contributed by atoms with Crippen LogP contribution in [0.4, 0.5) is 11.8 Å². The number of rotatable bonds is 7. The molecule has 0 spiro atoms. The third kappa shape index (κ3) is 4.87. The minimum absolute atomic E-state index is 0.183. The molecule has 0 saturated heterocycles. The van der Waals surface area contributed by atoms with Crippen molar-refractivity contribution in [1.29, 1.82) is 0 Å². The Morgan fingerprint density at radius 1 is 1.16 bits per heavy atom. The Labute approximate surface area is 145 Å². The third-order valence-corrected chi connectivity index (χ3v) is 3.55. The lowest BCUT2D eigenvalue weighted by atomic mass is 10.1. The summed E-state index contributed by atoms with van der Waals surface area (Å²) in [4.78, 5) is 20.3. The van der Waals surface area contributed by atoms with Gasteiger partial charge in [0.1, 0.15) is 5.76 Å². The second-order valence-electron chi connectivity index (χ2n) is 5.59. The molecule has 0 atom stereocenters.